The number of amidine groups is 2. The summed E-state index contributed by atoms with van der Waals surface area (Å²) in [5.41, 5.74) is 14.4. The first-order chi connectivity index (χ1) is 15.5. The van der Waals surface area contributed by atoms with E-state index in [0.29, 0.717) is 35.8 Å². The number of hydrogen-bond donors (Lipinski definition) is 4. The molecule has 160 valence electrons. The topological polar surface area (TPSA) is 118 Å². The first kappa shape index (κ1) is 20.9. The van der Waals surface area contributed by atoms with Crippen molar-refractivity contribution >= 4 is 22.4 Å². The summed E-state index contributed by atoms with van der Waals surface area (Å²) in [6, 6.07) is 26.7. The third-order valence-corrected chi connectivity index (χ3v) is 5.14. The number of hydrogen-bond acceptors (Lipinski definition) is 4. The maximum atomic E-state index is 7.50. The van der Waals surface area contributed by atoms with Crippen LogP contribution in [0.3, 0.4) is 0 Å². The Morgan fingerprint density at radius 2 is 1.19 bits per heavy atom. The number of ether oxygens (including phenoxy) is 2. The van der Waals surface area contributed by atoms with E-state index in [1.54, 1.807) is 24.3 Å². The molecule has 0 amide bonds. The summed E-state index contributed by atoms with van der Waals surface area (Å²) >= 11 is 0. The highest BCUT2D eigenvalue weighted by atomic mass is 16.5. The van der Waals surface area contributed by atoms with E-state index in [9.17, 15) is 0 Å². The summed E-state index contributed by atoms with van der Waals surface area (Å²) in [5, 5.41) is 17.2. The molecule has 4 aromatic carbocycles. The molecule has 6 heteroatoms. The lowest BCUT2D eigenvalue weighted by Gasteiger charge is -2.13. The monoisotopic (exact) mass is 424 g/mol. The van der Waals surface area contributed by atoms with Crippen molar-refractivity contribution in [2.75, 3.05) is 0 Å². The second-order valence-corrected chi connectivity index (χ2v) is 7.43. The van der Waals surface area contributed by atoms with Gasteiger partial charge in [0.2, 0.25) is 0 Å². The van der Waals surface area contributed by atoms with Gasteiger partial charge in [0.15, 0.2) is 0 Å². The van der Waals surface area contributed by atoms with Crippen LogP contribution < -0.4 is 20.9 Å². The van der Waals surface area contributed by atoms with E-state index in [0.717, 1.165) is 21.9 Å². The summed E-state index contributed by atoms with van der Waals surface area (Å²) in [6.07, 6.45) is 0. The van der Waals surface area contributed by atoms with Crippen molar-refractivity contribution in [2.45, 2.75) is 13.2 Å². The van der Waals surface area contributed by atoms with Crippen molar-refractivity contribution in [1.29, 1.82) is 10.8 Å². The predicted molar refractivity (Wildman–Crippen MR) is 128 cm³/mol. The van der Waals surface area contributed by atoms with Crippen LogP contribution in [0.1, 0.15) is 22.3 Å². The average molecular weight is 425 g/mol. The smallest absolute Gasteiger partial charge is 0.122 e. The molecule has 0 aliphatic rings. The van der Waals surface area contributed by atoms with Gasteiger partial charge in [-0.2, -0.15) is 0 Å². The molecule has 6 nitrogen and oxygen atoms in total. The Balaban J connectivity index is 1.51. The SMILES string of the molecule is N=C(N)c1ccc(OCc2cc(COc3ccc(C(=N)N)cc3)c3ccccc3c2)cc1. The lowest BCUT2D eigenvalue weighted by molar-refractivity contribution is 0.301. The van der Waals surface area contributed by atoms with Gasteiger partial charge in [-0.3, -0.25) is 10.8 Å². The Kier molecular flexibility index (Phi) is 6.03. The van der Waals surface area contributed by atoms with Crippen LogP contribution >= 0.6 is 0 Å². The highest BCUT2D eigenvalue weighted by molar-refractivity contribution is 5.95. The fourth-order valence-corrected chi connectivity index (χ4v) is 3.45. The van der Waals surface area contributed by atoms with Crippen LogP contribution in [0.15, 0.2) is 84.9 Å². The predicted octanol–water partition coefficient (Wildman–Crippen LogP) is 4.57. The van der Waals surface area contributed by atoms with Gasteiger partial charge in [-0.05, 0) is 82.6 Å². The second kappa shape index (κ2) is 9.22. The molecular formula is C26H24N4O2. The molecule has 0 aliphatic carbocycles. The molecule has 0 aromatic heterocycles. The minimum Gasteiger partial charge on any atom is -0.489 e. The molecule has 4 rings (SSSR count). The van der Waals surface area contributed by atoms with Crippen LogP contribution in [-0.2, 0) is 13.2 Å². The third-order valence-electron chi connectivity index (χ3n) is 5.14. The molecule has 0 saturated carbocycles. The van der Waals surface area contributed by atoms with Crippen molar-refractivity contribution in [2.24, 2.45) is 11.5 Å². The maximum absolute atomic E-state index is 7.50. The maximum Gasteiger partial charge on any atom is 0.122 e. The Bertz CT molecular complexity index is 1270. The number of rotatable bonds is 8. The van der Waals surface area contributed by atoms with E-state index in [1.165, 1.54) is 0 Å². The van der Waals surface area contributed by atoms with E-state index in [4.69, 9.17) is 31.8 Å². The van der Waals surface area contributed by atoms with Gasteiger partial charge in [0.1, 0.15) is 36.4 Å². The van der Waals surface area contributed by atoms with Gasteiger partial charge in [-0.25, -0.2) is 0 Å². The average Bonchev–Trinajstić information content (AvgIpc) is 2.81. The van der Waals surface area contributed by atoms with Crippen LogP contribution in [0.4, 0.5) is 0 Å². The zero-order valence-electron chi connectivity index (χ0n) is 17.5. The van der Waals surface area contributed by atoms with Gasteiger partial charge < -0.3 is 20.9 Å². The van der Waals surface area contributed by atoms with Crippen LogP contribution in [0, 0.1) is 10.8 Å². The first-order valence-corrected chi connectivity index (χ1v) is 10.1. The van der Waals surface area contributed by atoms with Gasteiger partial charge in [0, 0.05) is 11.1 Å². The molecular weight excluding hydrogens is 400 g/mol. The van der Waals surface area contributed by atoms with Crippen molar-refractivity contribution in [3.05, 3.63) is 107 Å². The fourth-order valence-electron chi connectivity index (χ4n) is 3.45. The molecule has 0 fully saturated rings. The van der Waals surface area contributed by atoms with Gasteiger partial charge >= 0.3 is 0 Å². The van der Waals surface area contributed by atoms with Crippen molar-refractivity contribution in [3.8, 4) is 11.5 Å². The van der Waals surface area contributed by atoms with Gasteiger partial charge in [0.05, 0.1) is 0 Å². The molecule has 4 aromatic rings. The minimum absolute atomic E-state index is 0.0335. The number of nitrogens with one attached hydrogen (secondary N) is 2. The second-order valence-electron chi connectivity index (χ2n) is 7.43. The molecule has 32 heavy (non-hydrogen) atoms. The summed E-state index contributed by atoms with van der Waals surface area (Å²) in [4.78, 5) is 0. The standard InChI is InChI=1S/C26H24N4O2/c27-25(28)18-5-9-22(10-6-18)31-15-17-13-20-3-1-2-4-24(20)21(14-17)16-32-23-11-7-19(8-12-23)26(29)30/h1-14H,15-16H2,(H3,27,28)(H3,29,30). The summed E-state index contributed by atoms with van der Waals surface area (Å²) < 4.78 is 11.9. The Labute approximate surface area is 186 Å². The van der Waals surface area contributed by atoms with Crippen molar-refractivity contribution in [3.63, 3.8) is 0 Å². The van der Waals surface area contributed by atoms with Gasteiger partial charge in [-0.15, -0.1) is 0 Å². The van der Waals surface area contributed by atoms with Crippen molar-refractivity contribution in [1.82, 2.24) is 0 Å². The van der Waals surface area contributed by atoms with Gasteiger partial charge in [0.25, 0.3) is 0 Å². The van der Waals surface area contributed by atoms with Gasteiger partial charge in [-0.1, -0.05) is 24.3 Å². The van der Waals surface area contributed by atoms with Crippen LogP contribution in [0.2, 0.25) is 0 Å². The highest BCUT2D eigenvalue weighted by Crippen LogP contribution is 2.24. The Morgan fingerprint density at radius 3 is 1.75 bits per heavy atom. The molecule has 0 atom stereocenters. The van der Waals surface area contributed by atoms with Crippen LogP contribution in [0.25, 0.3) is 10.8 Å². The molecule has 0 heterocycles. The van der Waals surface area contributed by atoms with Crippen LogP contribution in [-0.4, -0.2) is 11.7 Å². The molecule has 0 saturated heterocycles. The van der Waals surface area contributed by atoms with Crippen molar-refractivity contribution < 1.29 is 9.47 Å². The number of nitrogen functional groups attached to an aromatic ring is 2. The first-order valence-electron chi connectivity index (χ1n) is 10.1. The molecule has 0 aliphatic heterocycles. The Hall–Kier alpha value is -4.32. The number of nitrogens with two attached hydrogens (primary N) is 2. The zero-order valence-corrected chi connectivity index (χ0v) is 17.5. The zero-order chi connectivity index (χ0) is 22.5. The fraction of sp³-hybridized carbons (Fsp3) is 0.0769. The largest absolute Gasteiger partial charge is 0.489 e. The molecule has 0 radical (unpaired) electrons. The van der Waals surface area contributed by atoms with E-state index in [2.05, 4.69) is 24.3 Å². The van der Waals surface area contributed by atoms with E-state index < -0.39 is 0 Å². The lowest BCUT2D eigenvalue weighted by atomic mass is 10.0. The van der Waals surface area contributed by atoms with E-state index >= 15 is 0 Å². The lowest BCUT2D eigenvalue weighted by Crippen LogP contribution is -2.10. The molecule has 0 bridgehead atoms. The molecule has 6 N–H and O–H groups in total. The number of benzene rings is 4. The molecule has 0 unspecified atom stereocenters. The Morgan fingerprint density at radius 1 is 0.656 bits per heavy atom. The third kappa shape index (κ3) is 4.87. The van der Waals surface area contributed by atoms with E-state index in [-0.39, 0.29) is 11.7 Å². The van der Waals surface area contributed by atoms with Crippen LogP contribution in [0.5, 0.6) is 11.5 Å². The summed E-state index contributed by atoms with van der Waals surface area (Å²) in [5.74, 6) is 1.50. The normalized spacial score (nSPS) is 10.6. The molecule has 0 spiro atoms. The number of fused-ring (bicyclic) bond motifs is 1. The quantitative estimate of drug-likeness (QED) is 0.245. The minimum atomic E-state index is 0.0335. The van der Waals surface area contributed by atoms with E-state index in [1.807, 2.05) is 36.4 Å². The summed E-state index contributed by atoms with van der Waals surface area (Å²) in [7, 11) is 0. The summed E-state index contributed by atoms with van der Waals surface area (Å²) in [6.45, 7) is 0.811. The highest BCUT2D eigenvalue weighted by Gasteiger charge is 2.07.